The molecule has 0 amide bonds. The van der Waals surface area contributed by atoms with Crippen LogP contribution < -0.4 is 4.74 Å². The predicted molar refractivity (Wildman–Crippen MR) is 50.2 cm³/mol. The summed E-state index contributed by atoms with van der Waals surface area (Å²) in [6.45, 7) is 0. The first-order chi connectivity index (χ1) is 7.69. The van der Waals surface area contributed by atoms with Crippen molar-refractivity contribution < 1.29 is 28.2 Å². The van der Waals surface area contributed by atoms with E-state index in [1.54, 1.807) is 0 Å². The summed E-state index contributed by atoms with van der Waals surface area (Å²) in [6, 6.07) is 0. The minimum absolute atomic E-state index is 0.0700. The molecule has 2 aromatic heterocycles. The van der Waals surface area contributed by atoms with E-state index in [0.717, 1.165) is 0 Å². The molecule has 6 heteroatoms. The molecule has 0 radical (unpaired) electrons. The number of hydrogen-bond donors (Lipinski definition) is 0. The lowest BCUT2D eigenvalue weighted by Gasteiger charge is -1.99. The molecule has 6 nitrogen and oxygen atoms in total. The minimum Gasteiger partial charge on any atom is -0.465 e. The number of carbonyl (C=O) groups is 2. The van der Waals surface area contributed by atoms with Gasteiger partial charge in [0.15, 0.2) is 11.2 Å². The highest BCUT2D eigenvalue weighted by atomic mass is 16.6. The van der Waals surface area contributed by atoms with E-state index in [4.69, 9.17) is 9.15 Å². The molecule has 0 saturated carbocycles. The molecule has 0 fully saturated rings. The molecule has 0 aliphatic carbocycles. The average Bonchev–Trinajstić information content (AvgIpc) is 2.93. The van der Waals surface area contributed by atoms with Crippen LogP contribution in [0.5, 0.6) is 11.5 Å². The van der Waals surface area contributed by atoms with Crippen molar-refractivity contribution in [2.75, 3.05) is 14.2 Å². The fraction of sp³-hybridized carbons (Fsp3) is 0.200. The number of methoxy groups -OCH3 is 2. The highest BCUT2D eigenvalue weighted by Gasteiger charge is 2.44. The van der Waals surface area contributed by atoms with E-state index in [9.17, 15) is 9.59 Å². The summed E-state index contributed by atoms with van der Waals surface area (Å²) < 4.78 is 19.5. The Morgan fingerprint density at radius 2 is 1.38 bits per heavy atom. The largest absolute Gasteiger partial charge is 0.465 e. The van der Waals surface area contributed by atoms with Crippen molar-refractivity contribution in [2.24, 2.45) is 0 Å². The van der Waals surface area contributed by atoms with Crippen molar-refractivity contribution >= 4 is 23.1 Å². The highest BCUT2D eigenvalue weighted by Crippen LogP contribution is 2.59. The quantitative estimate of drug-likeness (QED) is 0.483. The molecule has 0 unspecified atom stereocenters. The molecule has 2 aromatic rings. The maximum absolute atomic E-state index is 11.5. The molecule has 0 aromatic carbocycles. The van der Waals surface area contributed by atoms with Gasteiger partial charge in [-0.2, -0.15) is 0 Å². The Bertz CT molecular complexity index is 557. The van der Waals surface area contributed by atoms with Crippen molar-refractivity contribution in [3.8, 4) is 11.5 Å². The number of ether oxygens (including phenoxy) is 3. The lowest BCUT2D eigenvalue weighted by molar-refractivity contribution is 0.0559. The average molecular weight is 222 g/mol. The molecular weight excluding hydrogens is 216 g/mol. The lowest BCUT2D eigenvalue weighted by Crippen LogP contribution is -2.09. The van der Waals surface area contributed by atoms with Crippen LogP contribution >= 0.6 is 0 Å². The summed E-state index contributed by atoms with van der Waals surface area (Å²) in [5.74, 6) is -0.286. The second-order valence-corrected chi connectivity index (χ2v) is 3.25. The van der Waals surface area contributed by atoms with Crippen molar-refractivity contribution in [1.82, 2.24) is 0 Å². The molecule has 1 aliphatic heterocycles. The number of carbonyl (C=O) groups excluding carboxylic acids is 2. The maximum Gasteiger partial charge on any atom is 0.342 e. The van der Waals surface area contributed by atoms with Crippen LogP contribution in [-0.4, -0.2) is 26.2 Å². The van der Waals surface area contributed by atoms with Crippen molar-refractivity contribution in [3.05, 3.63) is 11.1 Å². The molecule has 82 valence electrons. The summed E-state index contributed by atoms with van der Waals surface area (Å²) in [7, 11) is 2.45. The van der Waals surface area contributed by atoms with Gasteiger partial charge in [-0.1, -0.05) is 0 Å². The summed E-state index contributed by atoms with van der Waals surface area (Å²) in [5, 5.41) is 0. The third kappa shape index (κ3) is 0.861. The highest BCUT2D eigenvalue weighted by molar-refractivity contribution is 6.18. The molecule has 3 rings (SSSR count). The fourth-order valence-electron chi connectivity index (χ4n) is 1.72. The first-order valence-corrected chi connectivity index (χ1v) is 4.45. The van der Waals surface area contributed by atoms with Crippen molar-refractivity contribution in [1.29, 1.82) is 0 Å². The van der Waals surface area contributed by atoms with Crippen LogP contribution in [0.1, 0.15) is 20.7 Å². The topological polar surface area (TPSA) is 78.3 Å². The molecule has 2 bridgehead atoms. The van der Waals surface area contributed by atoms with Gasteiger partial charge in [-0.25, -0.2) is 9.59 Å². The fourth-order valence-corrected chi connectivity index (χ4v) is 1.72. The lowest BCUT2D eigenvalue weighted by atomic mass is 10.1. The molecule has 1 aliphatic rings. The zero-order chi connectivity index (χ0) is 11.4. The van der Waals surface area contributed by atoms with Crippen LogP contribution in [-0.2, 0) is 9.47 Å². The van der Waals surface area contributed by atoms with Crippen LogP contribution in [0.25, 0.3) is 11.2 Å². The van der Waals surface area contributed by atoms with E-state index < -0.39 is 11.9 Å². The molecule has 0 atom stereocenters. The zero-order valence-corrected chi connectivity index (χ0v) is 8.45. The Kier molecular flexibility index (Phi) is 1.50. The molecule has 3 heterocycles. The smallest absolute Gasteiger partial charge is 0.342 e. The zero-order valence-electron chi connectivity index (χ0n) is 8.45. The standard InChI is InChI=1S/C10H6O6/c1-13-9(11)3-4(10(12)14-2)6-8-7(16-8)5(3)15-6/h1-2H3. The van der Waals surface area contributed by atoms with E-state index in [0.29, 0.717) is 11.5 Å². The molecule has 0 N–H and O–H groups in total. The SMILES string of the molecule is COC(=O)c1c(C(=O)OC)c2oc1c1c2O1. The van der Waals surface area contributed by atoms with Gasteiger partial charge in [-0.15, -0.1) is 0 Å². The van der Waals surface area contributed by atoms with Gasteiger partial charge < -0.3 is 18.6 Å². The number of rotatable bonds is 2. The van der Waals surface area contributed by atoms with E-state index in [1.807, 2.05) is 0 Å². The monoisotopic (exact) mass is 222 g/mol. The summed E-state index contributed by atoms with van der Waals surface area (Å²) >= 11 is 0. The Hall–Kier alpha value is -2.24. The Balaban J connectivity index is 2.27. The second kappa shape index (κ2) is 2.66. The van der Waals surface area contributed by atoms with E-state index in [1.165, 1.54) is 14.2 Å². The van der Waals surface area contributed by atoms with Crippen LogP contribution in [0.3, 0.4) is 0 Å². The normalized spacial score (nSPS) is 12.1. The maximum atomic E-state index is 11.5. The first kappa shape index (κ1) is 9.02. The number of esters is 2. The van der Waals surface area contributed by atoms with Crippen LogP contribution in [0.4, 0.5) is 0 Å². The Labute approximate surface area is 89.0 Å². The molecular formula is C10H6O6. The third-order valence-corrected chi connectivity index (χ3v) is 2.47. The minimum atomic E-state index is -0.646. The molecule has 0 spiro atoms. The number of benzene rings is 1. The first-order valence-electron chi connectivity index (χ1n) is 4.45. The van der Waals surface area contributed by atoms with Crippen LogP contribution in [0, 0.1) is 0 Å². The van der Waals surface area contributed by atoms with Gasteiger partial charge >= 0.3 is 11.9 Å². The second-order valence-electron chi connectivity index (χ2n) is 3.25. The number of furan rings is 2. The number of hydrogen-bond acceptors (Lipinski definition) is 6. The van der Waals surface area contributed by atoms with E-state index >= 15 is 0 Å². The Morgan fingerprint density at radius 1 is 0.938 bits per heavy atom. The molecule has 0 saturated heterocycles. The van der Waals surface area contributed by atoms with Crippen molar-refractivity contribution in [3.63, 3.8) is 0 Å². The number of fused-ring (bicyclic) bond motifs is 5. The Morgan fingerprint density at radius 3 is 1.75 bits per heavy atom. The van der Waals surface area contributed by atoms with E-state index in [2.05, 4.69) is 9.47 Å². The van der Waals surface area contributed by atoms with Gasteiger partial charge in [0.1, 0.15) is 11.1 Å². The van der Waals surface area contributed by atoms with E-state index in [-0.39, 0.29) is 22.3 Å². The summed E-state index contributed by atoms with van der Waals surface area (Å²) in [5.41, 5.74) is 0.635. The van der Waals surface area contributed by atoms with Gasteiger partial charge in [-0.05, 0) is 0 Å². The van der Waals surface area contributed by atoms with Gasteiger partial charge in [0.25, 0.3) is 0 Å². The predicted octanol–water partition coefficient (Wildman–Crippen LogP) is 1.55. The van der Waals surface area contributed by atoms with Crippen LogP contribution in [0.15, 0.2) is 4.42 Å². The third-order valence-electron chi connectivity index (χ3n) is 2.47. The van der Waals surface area contributed by atoms with Gasteiger partial charge in [-0.3, -0.25) is 0 Å². The van der Waals surface area contributed by atoms with Gasteiger partial charge in [0.05, 0.1) is 14.2 Å². The van der Waals surface area contributed by atoms with Crippen LogP contribution in [0.2, 0.25) is 0 Å². The van der Waals surface area contributed by atoms with Gasteiger partial charge in [0.2, 0.25) is 11.5 Å². The molecule has 16 heavy (non-hydrogen) atoms. The van der Waals surface area contributed by atoms with Crippen molar-refractivity contribution in [2.45, 2.75) is 0 Å². The summed E-state index contributed by atoms with van der Waals surface area (Å²) in [6.07, 6.45) is 0. The van der Waals surface area contributed by atoms with Gasteiger partial charge in [0, 0.05) is 0 Å². The summed E-state index contributed by atoms with van der Waals surface area (Å²) in [4.78, 5) is 23.0.